The van der Waals surface area contributed by atoms with Crippen LogP contribution >= 0.6 is 0 Å². The third-order valence-electron chi connectivity index (χ3n) is 7.91. The van der Waals surface area contributed by atoms with Crippen molar-refractivity contribution in [1.82, 2.24) is 14.5 Å². The van der Waals surface area contributed by atoms with Crippen molar-refractivity contribution < 1.29 is 0 Å². The van der Waals surface area contributed by atoms with Crippen molar-refractivity contribution in [3.63, 3.8) is 0 Å². The standard InChI is InChI=1S/C35H23N3/c1-38-32-13-7-6-11-27(32)28-16-14-23(21-33(28)38)25-9-3-2-8-24(25)22-15-17-30-31(20-22)26-10-4-5-12-29(26)34-35(30)37-19-18-36-34/h2-21H,1H3. The molecular formula is C35H23N3. The molecule has 0 amide bonds. The zero-order chi connectivity index (χ0) is 25.2. The molecule has 0 bridgehead atoms. The van der Waals surface area contributed by atoms with Crippen molar-refractivity contribution in [3.8, 4) is 22.3 Å². The second kappa shape index (κ2) is 7.99. The van der Waals surface area contributed by atoms with Crippen LogP contribution in [0.3, 0.4) is 0 Å². The highest BCUT2D eigenvalue weighted by atomic mass is 14.9. The van der Waals surface area contributed by atoms with Gasteiger partial charge < -0.3 is 4.57 Å². The second-order valence-electron chi connectivity index (χ2n) is 9.91. The number of nitrogens with zero attached hydrogens (tertiary/aromatic N) is 3. The van der Waals surface area contributed by atoms with Gasteiger partial charge in [-0.15, -0.1) is 0 Å². The van der Waals surface area contributed by atoms with Gasteiger partial charge in [-0.1, -0.05) is 91.0 Å². The van der Waals surface area contributed by atoms with Gasteiger partial charge in [-0.3, -0.25) is 9.97 Å². The highest BCUT2D eigenvalue weighted by Crippen LogP contribution is 2.39. The molecule has 0 aliphatic rings. The molecule has 8 aromatic rings. The van der Waals surface area contributed by atoms with E-state index in [1.54, 1.807) is 12.4 Å². The van der Waals surface area contributed by atoms with E-state index in [1.165, 1.54) is 54.8 Å². The molecule has 0 atom stereocenters. The Bertz CT molecular complexity index is 2170. The fraction of sp³-hybridized carbons (Fsp3) is 0.0286. The lowest BCUT2D eigenvalue weighted by molar-refractivity contribution is 1.01. The summed E-state index contributed by atoms with van der Waals surface area (Å²) < 4.78 is 2.30. The Kier molecular flexibility index (Phi) is 4.44. The van der Waals surface area contributed by atoms with E-state index in [0.29, 0.717) is 0 Å². The Balaban J connectivity index is 1.37. The molecule has 0 saturated carbocycles. The summed E-state index contributed by atoms with van der Waals surface area (Å²) in [6, 6.07) is 39.4. The molecule has 38 heavy (non-hydrogen) atoms. The highest BCUT2D eigenvalue weighted by molar-refractivity contribution is 6.23. The van der Waals surface area contributed by atoms with Gasteiger partial charge in [0.2, 0.25) is 0 Å². The largest absolute Gasteiger partial charge is 0.344 e. The lowest BCUT2D eigenvalue weighted by Crippen LogP contribution is -1.90. The lowest BCUT2D eigenvalue weighted by atomic mass is 9.91. The number of hydrogen-bond acceptors (Lipinski definition) is 2. The molecule has 178 valence electrons. The van der Waals surface area contributed by atoms with Crippen molar-refractivity contribution in [2.24, 2.45) is 7.05 Å². The third-order valence-corrected chi connectivity index (χ3v) is 7.91. The quantitative estimate of drug-likeness (QED) is 0.229. The summed E-state index contributed by atoms with van der Waals surface area (Å²) in [5.41, 5.74) is 9.25. The van der Waals surface area contributed by atoms with Gasteiger partial charge in [-0.25, -0.2) is 0 Å². The summed E-state index contributed by atoms with van der Waals surface area (Å²) in [7, 11) is 2.15. The minimum atomic E-state index is 0.947. The van der Waals surface area contributed by atoms with E-state index in [9.17, 15) is 0 Å². The summed E-state index contributed by atoms with van der Waals surface area (Å²) in [6.07, 6.45) is 3.56. The van der Waals surface area contributed by atoms with E-state index in [0.717, 1.165) is 21.8 Å². The van der Waals surface area contributed by atoms with E-state index >= 15 is 0 Å². The number of hydrogen-bond donors (Lipinski definition) is 0. The van der Waals surface area contributed by atoms with Gasteiger partial charge in [0, 0.05) is 52.0 Å². The molecule has 3 heteroatoms. The van der Waals surface area contributed by atoms with Crippen LogP contribution < -0.4 is 0 Å². The van der Waals surface area contributed by atoms with E-state index < -0.39 is 0 Å². The van der Waals surface area contributed by atoms with Crippen molar-refractivity contribution in [2.75, 3.05) is 0 Å². The maximum atomic E-state index is 4.72. The number of rotatable bonds is 2. The Morgan fingerprint density at radius 2 is 0.974 bits per heavy atom. The Morgan fingerprint density at radius 3 is 1.71 bits per heavy atom. The first kappa shape index (κ1) is 21.1. The van der Waals surface area contributed by atoms with Gasteiger partial charge in [0.15, 0.2) is 0 Å². The molecule has 2 aromatic heterocycles. The normalized spacial score (nSPS) is 11.8. The van der Waals surface area contributed by atoms with Gasteiger partial charge >= 0.3 is 0 Å². The fourth-order valence-electron chi connectivity index (χ4n) is 6.11. The highest BCUT2D eigenvalue weighted by Gasteiger charge is 2.14. The zero-order valence-corrected chi connectivity index (χ0v) is 20.9. The minimum absolute atomic E-state index is 0.947. The van der Waals surface area contributed by atoms with E-state index in [-0.39, 0.29) is 0 Å². The minimum Gasteiger partial charge on any atom is -0.344 e. The summed E-state index contributed by atoms with van der Waals surface area (Å²) >= 11 is 0. The Hall–Kier alpha value is -5.02. The van der Waals surface area contributed by atoms with E-state index in [1.807, 2.05) is 0 Å². The maximum Gasteiger partial charge on any atom is 0.0971 e. The number of aromatic nitrogens is 3. The van der Waals surface area contributed by atoms with Crippen LogP contribution in [0.15, 0.2) is 122 Å². The van der Waals surface area contributed by atoms with Crippen LogP contribution in [0.5, 0.6) is 0 Å². The van der Waals surface area contributed by atoms with Crippen LogP contribution in [0.25, 0.3) is 76.6 Å². The van der Waals surface area contributed by atoms with Crippen LogP contribution in [0.1, 0.15) is 0 Å². The smallest absolute Gasteiger partial charge is 0.0971 e. The van der Waals surface area contributed by atoms with Gasteiger partial charge in [0.25, 0.3) is 0 Å². The van der Waals surface area contributed by atoms with Crippen molar-refractivity contribution in [3.05, 3.63) is 122 Å². The summed E-state index contributed by atoms with van der Waals surface area (Å²) in [6.45, 7) is 0. The van der Waals surface area contributed by atoms with Crippen LogP contribution in [0.4, 0.5) is 0 Å². The molecule has 0 aliphatic carbocycles. The Morgan fingerprint density at radius 1 is 0.447 bits per heavy atom. The van der Waals surface area contributed by atoms with Crippen LogP contribution in [0.2, 0.25) is 0 Å². The molecule has 2 heterocycles. The van der Waals surface area contributed by atoms with Crippen molar-refractivity contribution >= 4 is 54.4 Å². The summed E-state index contributed by atoms with van der Waals surface area (Å²) in [5, 5.41) is 7.24. The molecule has 0 aliphatic heterocycles. The van der Waals surface area contributed by atoms with Gasteiger partial charge in [0.05, 0.1) is 11.0 Å². The molecule has 0 N–H and O–H groups in total. The number of benzene rings is 6. The first-order valence-electron chi connectivity index (χ1n) is 12.9. The zero-order valence-electron chi connectivity index (χ0n) is 20.9. The molecule has 0 saturated heterocycles. The maximum absolute atomic E-state index is 4.72. The van der Waals surface area contributed by atoms with Gasteiger partial charge in [-0.05, 0) is 51.2 Å². The van der Waals surface area contributed by atoms with E-state index in [2.05, 4.69) is 126 Å². The monoisotopic (exact) mass is 485 g/mol. The van der Waals surface area contributed by atoms with E-state index in [4.69, 9.17) is 4.98 Å². The van der Waals surface area contributed by atoms with Crippen molar-refractivity contribution in [1.29, 1.82) is 0 Å². The SMILES string of the molecule is Cn1c2ccccc2c2ccc(-c3ccccc3-c3ccc4c(c3)c3ccccc3c3nccnc43)cc21. The average molecular weight is 486 g/mol. The molecular weight excluding hydrogens is 462 g/mol. The summed E-state index contributed by atoms with van der Waals surface area (Å²) in [5.74, 6) is 0. The topological polar surface area (TPSA) is 30.7 Å². The van der Waals surface area contributed by atoms with Crippen molar-refractivity contribution in [2.45, 2.75) is 0 Å². The molecule has 8 rings (SSSR count). The first-order valence-corrected chi connectivity index (χ1v) is 12.9. The molecule has 0 unspecified atom stereocenters. The fourth-order valence-corrected chi connectivity index (χ4v) is 6.11. The molecule has 0 radical (unpaired) electrons. The van der Waals surface area contributed by atoms with Gasteiger partial charge in [-0.2, -0.15) is 0 Å². The molecule has 6 aromatic carbocycles. The van der Waals surface area contributed by atoms with Crippen LogP contribution in [0, 0.1) is 0 Å². The van der Waals surface area contributed by atoms with Crippen LogP contribution in [-0.4, -0.2) is 14.5 Å². The number of para-hydroxylation sites is 1. The molecule has 0 fully saturated rings. The summed E-state index contributed by atoms with van der Waals surface area (Å²) in [4.78, 5) is 9.39. The number of aryl methyl sites for hydroxylation is 1. The van der Waals surface area contributed by atoms with Gasteiger partial charge in [0.1, 0.15) is 0 Å². The molecule has 3 nitrogen and oxygen atoms in total. The van der Waals surface area contributed by atoms with Crippen LogP contribution in [-0.2, 0) is 7.05 Å². The first-order chi connectivity index (χ1) is 18.8. The predicted molar refractivity (Wildman–Crippen MR) is 159 cm³/mol. The third kappa shape index (κ3) is 2.96. The Labute approximate surface area is 219 Å². The molecule has 0 spiro atoms. The average Bonchev–Trinajstić information content (AvgIpc) is 3.28. The predicted octanol–water partition coefficient (Wildman–Crippen LogP) is 8.92. The second-order valence-corrected chi connectivity index (χ2v) is 9.91. The lowest BCUT2D eigenvalue weighted by Gasteiger charge is -2.14. The number of fused-ring (bicyclic) bond motifs is 9.